The van der Waals surface area contributed by atoms with E-state index in [1.165, 1.54) is 11.8 Å². The molecule has 0 aliphatic heterocycles. The van der Waals surface area contributed by atoms with Crippen LogP contribution in [0.5, 0.6) is 5.75 Å². The van der Waals surface area contributed by atoms with Crippen molar-refractivity contribution >= 4 is 22.5 Å². The highest BCUT2D eigenvalue weighted by molar-refractivity contribution is 7.99. The highest BCUT2D eigenvalue weighted by Crippen LogP contribution is 2.36. The molecule has 25 heavy (non-hydrogen) atoms. The molecular formula is C21H14O3S. The van der Waals surface area contributed by atoms with E-state index < -0.39 is 5.63 Å². The van der Waals surface area contributed by atoms with Crippen LogP contribution < -0.4 is 5.63 Å². The minimum Gasteiger partial charge on any atom is -0.501 e. The maximum atomic E-state index is 12.1. The summed E-state index contributed by atoms with van der Waals surface area (Å²) in [5.41, 5.74) is 0.0916. The van der Waals surface area contributed by atoms with Gasteiger partial charge in [-0.15, -0.1) is 0 Å². The zero-order valence-corrected chi connectivity index (χ0v) is 14.0. The van der Waals surface area contributed by atoms with Gasteiger partial charge in [-0.25, -0.2) is 4.79 Å². The first-order chi connectivity index (χ1) is 12.2. The first-order valence-corrected chi connectivity index (χ1v) is 8.62. The molecule has 0 bridgehead atoms. The fraction of sp³-hybridized carbons (Fsp3) is 0. The van der Waals surface area contributed by atoms with Gasteiger partial charge in [0.15, 0.2) is 0 Å². The van der Waals surface area contributed by atoms with Gasteiger partial charge in [0.2, 0.25) is 5.75 Å². The third kappa shape index (κ3) is 3.04. The topological polar surface area (TPSA) is 50.4 Å². The van der Waals surface area contributed by atoms with E-state index in [0.29, 0.717) is 10.7 Å². The van der Waals surface area contributed by atoms with Crippen molar-refractivity contribution in [3.05, 3.63) is 89.3 Å². The van der Waals surface area contributed by atoms with Gasteiger partial charge in [0, 0.05) is 10.5 Å². The molecule has 0 unspecified atom stereocenters. The van der Waals surface area contributed by atoms with Crippen LogP contribution >= 0.6 is 11.8 Å². The van der Waals surface area contributed by atoms with E-state index >= 15 is 0 Å². The lowest BCUT2D eigenvalue weighted by Crippen LogP contribution is -2.00. The molecule has 4 aromatic rings. The van der Waals surface area contributed by atoms with Gasteiger partial charge in [-0.2, -0.15) is 0 Å². The largest absolute Gasteiger partial charge is 0.501 e. The van der Waals surface area contributed by atoms with Crippen LogP contribution in [0.2, 0.25) is 0 Å². The predicted octanol–water partition coefficient (Wildman–Crippen LogP) is 5.32. The van der Waals surface area contributed by atoms with Gasteiger partial charge >= 0.3 is 5.63 Å². The number of aromatic hydroxyl groups is 1. The molecule has 0 spiro atoms. The van der Waals surface area contributed by atoms with Crippen molar-refractivity contribution in [3.8, 4) is 17.1 Å². The summed E-state index contributed by atoms with van der Waals surface area (Å²) in [6.45, 7) is 0. The minimum atomic E-state index is -0.733. The predicted molar refractivity (Wildman–Crippen MR) is 100 cm³/mol. The van der Waals surface area contributed by atoms with Crippen LogP contribution in [0, 0.1) is 0 Å². The molecule has 1 N–H and O–H groups in total. The summed E-state index contributed by atoms with van der Waals surface area (Å²) in [5, 5.41) is 12.2. The van der Waals surface area contributed by atoms with Crippen LogP contribution in [0.1, 0.15) is 0 Å². The van der Waals surface area contributed by atoms with Gasteiger partial charge in [-0.3, -0.25) is 0 Å². The Balaban J connectivity index is 1.87. The van der Waals surface area contributed by atoms with Gasteiger partial charge in [0.05, 0.1) is 4.90 Å². The van der Waals surface area contributed by atoms with E-state index in [9.17, 15) is 9.90 Å². The second-order valence-electron chi connectivity index (χ2n) is 5.55. The summed E-state index contributed by atoms with van der Waals surface area (Å²) in [5.74, 6) is 0.0795. The summed E-state index contributed by atoms with van der Waals surface area (Å²) < 4.78 is 5.36. The minimum absolute atomic E-state index is 0.363. The quantitative estimate of drug-likeness (QED) is 0.546. The van der Waals surface area contributed by atoms with Crippen LogP contribution in [-0.4, -0.2) is 5.11 Å². The number of hydrogen-bond acceptors (Lipinski definition) is 4. The monoisotopic (exact) mass is 346 g/mol. The third-order valence-corrected chi connectivity index (χ3v) is 4.96. The first kappa shape index (κ1) is 15.5. The van der Waals surface area contributed by atoms with Gasteiger partial charge in [0.25, 0.3) is 0 Å². The van der Waals surface area contributed by atoms with Crippen LogP contribution in [0.4, 0.5) is 0 Å². The highest BCUT2D eigenvalue weighted by Gasteiger charge is 2.14. The van der Waals surface area contributed by atoms with Crippen molar-refractivity contribution in [2.45, 2.75) is 9.79 Å². The molecule has 0 amide bonds. The molecule has 0 aliphatic carbocycles. The van der Waals surface area contributed by atoms with E-state index in [0.717, 1.165) is 21.2 Å². The van der Waals surface area contributed by atoms with Gasteiger partial charge in [-0.1, -0.05) is 72.4 Å². The molecule has 0 saturated carbocycles. The summed E-state index contributed by atoms with van der Waals surface area (Å²) >= 11 is 1.33. The van der Waals surface area contributed by atoms with Gasteiger partial charge < -0.3 is 9.52 Å². The van der Waals surface area contributed by atoms with E-state index in [1.807, 2.05) is 72.8 Å². The summed E-state index contributed by atoms with van der Waals surface area (Å²) in [6, 6.07) is 25.1. The molecule has 3 aromatic carbocycles. The number of rotatable bonds is 3. The van der Waals surface area contributed by atoms with Crippen LogP contribution in [0.15, 0.2) is 97.9 Å². The molecular weight excluding hydrogens is 332 g/mol. The smallest absolute Gasteiger partial charge is 0.380 e. The maximum Gasteiger partial charge on any atom is 0.380 e. The summed E-state index contributed by atoms with van der Waals surface area (Å²) in [6.07, 6.45) is 0. The van der Waals surface area contributed by atoms with Crippen molar-refractivity contribution in [3.63, 3.8) is 0 Å². The summed E-state index contributed by atoms with van der Waals surface area (Å²) in [7, 11) is 0. The lowest BCUT2D eigenvalue weighted by molar-refractivity contribution is 0.404. The highest BCUT2D eigenvalue weighted by atomic mass is 32.2. The third-order valence-electron chi connectivity index (χ3n) is 3.92. The molecule has 122 valence electrons. The SMILES string of the molecule is O=c1oc(-c2cccc3ccccc23)cc(Sc2ccccc2)c1O. The van der Waals surface area contributed by atoms with Gasteiger partial charge in [0.1, 0.15) is 5.76 Å². The van der Waals surface area contributed by atoms with Gasteiger partial charge in [-0.05, 0) is 29.0 Å². The van der Waals surface area contributed by atoms with E-state index in [2.05, 4.69) is 0 Å². The van der Waals surface area contributed by atoms with Crippen molar-refractivity contribution < 1.29 is 9.52 Å². The van der Waals surface area contributed by atoms with E-state index in [1.54, 1.807) is 6.07 Å². The Morgan fingerprint density at radius 1 is 0.840 bits per heavy atom. The Hall–Kier alpha value is -2.98. The second kappa shape index (κ2) is 6.49. The second-order valence-corrected chi connectivity index (χ2v) is 6.67. The lowest BCUT2D eigenvalue weighted by atomic mass is 10.0. The molecule has 0 radical (unpaired) electrons. The Labute approximate surface area is 148 Å². The molecule has 4 rings (SSSR count). The number of benzene rings is 3. The Bertz CT molecular complexity index is 1100. The average molecular weight is 346 g/mol. The zero-order valence-electron chi connectivity index (χ0n) is 13.2. The number of hydrogen-bond donors (Lipinski definition) is 1. The standard InChI is InChI=1S/C21H14O3S/c22-20-19(25-15-9-2-1-3-10-15)13-18(24-21(20)23)17-12-6-8-14-7-4-5-11-16(14)17/h1-13,22H. The van der Waals surface area contributed by atoms with Crippen molar-refractivity contribution in [1.29, 1.82) is 0 Å². The average Bonchev–Trinajstić information content (AvgIpc) is 2.65. The molecule has 0 aliphatic rings. The molecule has 0 saturated heterocycles. The molecule has 0 fully saturated rings. The summed E-state index contributed by atoms with van der Waals surface area (Å²) in [4.78, 5) is 13.5. The molecule has 3 nitrogen and oxygen atoms in total. The van der Waals surface area contributed by atoms with Crippen LogP contribution in [-0.2, 0) is 0 Å². The molecule has 1 heterocycles. The lowest BCUT2D eigenvalue weighted by Gasteiger charge is -2.08. The Kier molecular flexibility index (Phi) is 4.04. The fourth-order valence-corrected chi connectivity index (χ4v) is 3.63. The van der Waals surface area contributed by atoms with E-state index in [4.69, 9.17) is 4.42 Å². The van der Waals surface area contributed by atoms with E-state index in [-0.39, 0.29) is 5.75 Å². The van der Waals surface area contributed by atoms with Crippen molar-refractivity contribution in [2.75, 3.05) is 0 Å². The fourth-order valence-electron chi connectivity index (χ4n) is 2.73. The Morgan fingerprint density at radius 2 is 1.56 bits per heavy atom. The maximum absolute atomic E-state index is 12.1. The molecule has 4 heteroatoms. The van der Waals surface area contributed by atoms with Crippen LogP contribution in [0.3, 0.4) is 0 Å². The molecule has 0 atom stereocenters. The van der Waals surface area contributed by atoms with Crippen molar-refractivity contribution in [2.24, 2.45) is 0 Å². The molecule has 1 aromatic heterocycles. The zero-order chi connectivity index (χ0) is 17.2. The normalized spacial score (nSPS) is 10.9. The first-order valence-electron chi connectivity index (χ1n) is 7.80. The Morgan fingerprint density at radius 3 is 2.40 bits per heavy atom. The van der Waals surface area contributed by atoms with Crippen LogP contribution in [0.25, 0.3) is 22.1 Å². The number of fused-ring (bicyclic) bond motifs is 1. The van der Waals surface area contributed by atoms with Crippen molar-refractivity contribution in [1.82, 2.24) is 0 Å².